The van der Waals surface area contributed by atoms with Crippen molar-refractivity contribution in [2.75, 3.05) is 44.3 Å². The van der Waals surface area contributed by atoms with Gasteiger partial charge in [0, 0.05) is 26.1 Å². The minimum atomic E-state index is -4.51. The van der Waals surface area contributed by atoms with Gasteiger partial charge in [-0.15, -0.1) is 10.2 Å². The molecule has 0 aliphatic carbocycles. The summed E-state index contributed by atoms with van der Waals surface area (Å²) in [6.45, 7) is 3.18. The topological polar surface area (TPSA) is 67.8 Å². The van der Waals surface area contributed by atoms with Crippen LogP contribution in [-0.2, 0) is 20.4 Å². The first-order chi connectivity index (χ1) is 13.3. The summed E-state index contributed by atoms with van der Waals surface area (Å²) in [6.07, 6.45) is -1.49. The molecule has 4 rings (SSSR count). The second-order valence-corrected chi connectivity index (χ2v) is 7.65. The third kappa shape index (κ3) is 4.07. The monoisotopic (exact) mass is 400 g/mol. The summed E-state index contributed by atoms with van der Waals surface area (Å²) >= 11 is 0. The van der Waals surface area contributed by atoms with Gasteiger partial charge in [-0.2, -0.15) is 13.2 Å². The van der Waals surface area contributed by atoms with E-state index in [1.165, 1.54) is 6.07 Å². The number of rotatable bonds is 3. The molecule has 28 heavy (non-hydrogen) atoms. The number of hydrogen-bond acceptors (Lipinski definition) is 6. The van der Waals surface area contributed by atoms with Crippen LogP contribution in [0.25, 0.3) is 0 Å². The number of amides is 1. The van der Waals surface area contributed by atoms with E-state index in [2.05, 4.69) is 10.2 Å². The van der Waals surface area contributed by atoms with E-state index in [-0.39, 0.29) is 12.0 Å². The Labute approximate surface area is 160 Å². The van der Waals surface area contributed by atoms with Crippen LogP contribution >= 0.6 is 0 Å². The molecule has 0 unspecified atom stereocenters. The fourth-order valence-electron chi connectivity index (χ4n) is 4.14. The molecule has 0 radical (unpaired) electrons. The normalized spacial score (nSPS) is 29.0. The highest BCUT2D eigenvalue weighted by molar-refractivity contribution is 5.78. The molecule has 3 saturated heterocycles. The molecule has 0 aromatic carbocycles. The Hall–Kier alpha value is -1.94. The summed E-state index contributed by atoms with van der Waals surface area (Å²) in [5, 5.41) is 7.09. The van der Waals surface area contributed by atoms with Gasteiger partial charge < -0.3 is 19.3 Å². The fraction of sp³-hybridized carbons (Fsp3) is 0.722. The molecule has 1 aromatic heterocycles. The van der Waals surface area contributed by atoms with E-state index in [0.717, 1.165) is 31.9 Å². The van der Waals surface area contributed by atoms with Gasteiger partial charge in [0.15, 0.2) is 11.5 Å². The SMILES string of the molecule is O=C1CCCN1C[C@H]1CC[C@]2(COCCN(c3ccc(C(F)(F)F)nn3)C2)O1. The zero-order valence-electron chi connectivity index (χ0n) is 15.5. The van der Waals surface area contributed by atoms with Crippen molar-refractivity contribution in [3.63, 3.8) is 0 Å². The summed E-state index contributed by atoms with van der Waals surface area (Å²) in [6, 6.07) is 2.28. The zero-order chi connectivity index (χ0) is 19.8. The van der Waals surface area contributed by atoms with Crippen molar-refractivity contribution in [2.45, 2.75) is 43.6 Å². The Bertz CT molecular complexity index is 715. The minimum Gasteiger partial charge on any atom is -0.377 e. The molecule has 1 amide bonds. The summed E-state index contributed by atoms with van der Waals surface area (Å²) in [4.78, 5) is 15.6. The average Bonchev–Trinajstić information content (AvgIpc) is 3.17. The number of ether oxygens (including phenoxy) is 2. The number of alkyl halides is 3. The lowest BCUT2D eigenvalue weighted by Gasteiger charge is -2.32. The summed E-state index contributed by atoms with van der Waals surface area (Å²) in [5.74, 6) is 0.544. The van der Waals surface area contributed by atoms with Gasteiger partial charge >= 0.3 is 6.18 Å². The van der Waals surface area contributed by atoms with Gasteiger partial charge in [0.25, 0.3) is 0 Å². The molecule has 0 saturated carbocycles. The number of carbonyl (C=O) groups excluding carboxylic acids is 1. The summed E-state index contributed by atoms with van der Waals surface area (Å²) < 4.78 is 50.2. The highest BCUT2D eigenvalue weighted by Crippen LogP contribution is 2.35. The first kappa shape index (κ1) is 19.4. The average molecular weight is 400 g/mol. The van der Waals surface area contributed by atoms with E-state index in [0.29, 0.717) is 45.1 Å². The van der Waals surface area contributed by atoms with E-state index < -0.39 is 17.5 Å². The highest BCUT2D eigenvalue weighted by Gasteiger charge is 2.44. The molecule has 0 bridgehead atoms. The fourth-order valence-corrected chi connectivity index (χ4v) is 4.14. The zero-order valence-corrected chi connectivity index (χ0v) is 15.5. The molecule has 10 heteroatoms. The second-order valence-electron chi connectivity index (χ2n) is 7.65. The number of aromatic nitrogens is 2. The van der Waals surface area contributed by atoms with E-state index in [1.54, 1.807) is 0 Å². The van der Waals surface area contributed by atoms with E-state index in [1.807, 2.05) is 9.80 Å². The Balaban J connectivity index is 1.43. The maximum absolute atomic E-state index is 12.7. The lowest BCUT2D eigenvalue weighted by molar-refractivity contribution is -0.141. The molecule has 3 aliphatic heterocycles. The van der Waals surface area contributed by atoms with Crippen LogP contribution in [0.4, 0.5) is 19.0 Å². The van der Waals surface area contributed by atoms with Crippen molar-refractivity contribution in [2.24, 2.45) is 0 Å². The molecule has 7 nitrogen and oxygen atoms in total. The molecule has 4 heterocycles. The van der Waals surface area contributed by atoms with Gasteiger partial charge in [-0.25, -0.2) is 0 Å². The first-order valence-corrected chi connectivity index (χ1v) is 9.54. The lowest BCUT2D eigenvalue weighted by atomic mass is 10.00. The smallest absolute Gasteiger partial charge is 0.377 e. The van der Waals surface area contributed by atoms with Crippen LogP contribution in [0, 0.1) is 0 Å². The number of hydrogen-bond donors (Lipinski definition) is 0. The number of halogens is 3. The van der Waals surface area contributed by atoms with Crippen LogP contribution in [-0.4, -0.2) is 72.1 Å². The number of likely N-dealkylation sites (tertiary alicyclic amines) is 1. The van der Waals surface area contributed by atoms with Gasteiger partial charge in [-0.3, -0.25) is 4.79 Å². The van der Waals surface area contributed by atoms with Crippen molar-refractivity contribution >= 4 is 11.7 Å². The van der Waals surface area contributed by atoms with Crippen LogP contribution in [0.1, 0.15) is 31.4 Å². The van der Waals surface area contributed by atoms with E-state index >= 15 is 0 Å². The van der Waals surface area contributed by atoms with E-state index in [4.69, 9.17) is 9.47 Å². The quantitative estimate of drug-likeness (QED) is 0.772. The maximum Gasteiger partial charge on any atom is 0.435 e. The summed E-state index contributed by atoms with van der Waals surface area (Å²) in [7, 11) is 0. The standard InChI is InChI=1S/C18H23F3N4O3/c19-18(20,21)14-3-4-15(23-22-14)25-8-9-27-12-17(11-25)6-5-13(28-17)10-24-7-1-2-16(24)26/h3-4,13H,1-2,5-12H2/t13-,17+/m1/s1. The summed E-state index contributed by atoms with van der Waals surface area (Å²) in [5.41, 5.74) is -1.56. The molecule has 1 spiro atoms. The first-order valence-electron chi connectivity index (χ1n) is 9.54. The predicted octanol–water partition coefficient (Wildman–Crippen LogP) is 1.87. The van der Waals surface area contributed by atoms with Crippen molar-refractivity contribution in [1.29, 1.82) is 0 Å². The lowest BCUT2D eigenvalue weighted by Crippen LogP contribution is -2.46. The van der Waals surface area contributed by atoms with Crippen molar-refractivity contribution in [3.05, 3.63) is 17.8 Å². The third-order valence-corrected chi connectivity index (χ3v) is 5.55. The number of anilines is 1. The van der Waals surface area contributed by atoms with Crippen LogP contribution < -0.4 is 4.90 Å². The Morgan fingerprint density at radius 2 is 2.11 bits per heavy atom. The second kappa shape index (κ2) is 7.47. The Kier molecular flexibility index (Phi) is 5.17. The maximum atomic E-state index is 12.7. The molecular weight excluding hydrogens is 377 g/mol. The predicted molar refractivity (Wildman–Crippen MR) is 92.7 cm³/mol. The molecule has 1 aromatic rings. The molecule has 2 atom stereocenters. The van der Waals surface area contributed by atoms with Crippen molar-refractivity contribution in [3.8, 4) is 0 Å². The number of nitrogens with zero attached hydrogens (tertiary/aromatic N) is 4. The third-order valence-electron chi connectivity index (χ3n) is 5.55. The van der Waals surface area contributed by atoms with E-state index in [9.17, 15) is 18.0 Å². The van der Waals surface area contributed by atoms with Crippen molar-refractivity contribution < 1.29 is 27.4 Å². The molecule has 3 fully saturated rings. The van der Waals surface area contributed by atoms with Gasteiger partial charge in [0.1, 0.15) is 5.60 Å². The molecule has 154 valence electrons. The Morgan fingerprint density at radius 3 is 2.79 bits per heavy atom. The Morgan fingerprint density at radius 1 is 1.25 bits per heavy atom. The highest BCUT2D eigenvalue weighted by atomic mass is 19.4. The number of carbonyl (C=O) groups is 1. The van der Waals surface area contributed by atoms with Gasteiger partial charge in [0.05, 0.1) is 25.9 Å². The minimum absolute atomic E-state index is 0.0516. The molecular formula is C18H23F3N4O3. The van der Waals surface area contributed by atoms with Crippen LogP contribution in [0.15, 0.2) is 12.1 Å². The van der Waals surface area contributed by atoms with Crippen LogP contribution in [0.5, 0.6) is 0 Å². The van der Waals surface area contributed by atoms with Gasteiger partial charge in [0.2, 0.25) is 5.91 Å². The van der Waals surface area contributed by atoms with Crippen LogP contribution in [0.3, 0.4) is 0 Å². The van der Waals surface area contributed by atoms with Gasteiger partial charge in [-0.1, -0.05) is 0 Å². The van der Waals surface area contributed by atoms with Crippen LogP contribution in [0.2, 0.25) is 0 Å². The van der Waals surface area contributed by atoms with Gasteiger partial charge in [-0.05, 0) is 31.4 Å². The van der Waals surface area contributed by atoms with Crippen molar-refractivity contribution in [1.82, 2.24) is 15.1 Å². The molecule has 3 aliphatic rings. The molecule has 0 N–H and O–H groups in total. The largest absolute Gasteiger partial charge is 0.435 e.